The Bertz CT molecular complexity index is 558. The van der Waals surface area contributed by atoms with Crippen LogP contribution in [-0.4, -0.2) is 4.98 Å². The summed E-state index contributed by atoms with van der Waals surface area (Å²) in [6, 6.07) is 6.04. The van der Waals surface area contributed by atoms with Crippen LogP contribution in [0.15, 0.2) is 36.5 Å². The summed E-state index contributed by atoms with van der Waals surface area (Å²) in [7, 11) is 0. The van der Waals surface area contributed by atoms with Crippen molar-refractivity contribution in [1.82, 2.24) is 4.98 Å². The molecular formula is C13H13F2N3. The summed E-state index contributed by atoms with van der Waals surface area (Å²) in [6.07, 6.45) is 1.92. The van der Waals surface area contributed by atoms with Crippen molar-refractivity contribution >= 4 is 5.82 Å². The van der Waals surface area contributed by atoms with Gasteiger partial charge in [0.2, 0.25) is 0 Å². The quantitative estimate of drug-likeness (QED) is 0.876. The Balaban J connectivity index is 2.21. The fourth-order valence-corrected chi connectivity index (χ4v) is 1.78. The van der Waals surface area contributed by atoms with Gasteiger partial charge in [-0.3, -0.25) is 0 Å². The molecule has 4 N–H and O–H groups in total. The first-order valence-corrected chi connectivity index (χ1v) is 5.47. The van der Waals surface area contributed by atoms with Crippen LogP contribution in [0.5, 0.6) is 0 Å². The molecule has 0 aliphatic rings. The van der Waals surface area contributed by atoms with Gasteiger partial charge in [-0.2, -0.15) is 0 Å². The van der Waals surface area contributed by atoms with Crippen LogP contribution in [0.3, 0.4) is 0 Å². The molecule has 0 radical (unpaired) electrons. The number of rotatable bonds is 3. The minimum Gasteiger partial charge on any atom is -0.384 e. The highest BCUT2D eigenvalue weighted by atomic mass is 19.1. The van der Waals surface area contributed by atoms with E-state index in [2.05, 4.69) is 4.98 Å². The minimum atomic E-state index is -0.623. The second-order valence-corrected chi connectivity index (χ2v) is 4.07. The number of nitrogens with two attached hydrogens (primary N) is 2. The smallest absolute Gasteiger partial charge is 0.128 e. The lowest BCUT2D eigenvalue weighted by Gasteiger charge is -2.13. The van der Waals surface area contributed by atoms with Crippen LogP contribution in [-0.2, 0) is 6.42 Å². The zero-order valence-electron chi connectivity index (χ0n) is 9.61. The van der Waals surface area contributed by atoms with Crippen molar-refractivity contribution in [3.8, 4) is 0 Å². The molecule has 0 spiro atoms. The first-order valence-electron chi connectivity index (χ1n) is 5.47. The number of benzene rings is 1. The molecule has 0 saturated carbocycles. The monoisotopic (exact) mass is 249 g/mol. The van der Waals surface area contributed by atoms with Crippen LogP contribution in [0.1, 0.15) is 17.2 Å². The van der Waals surface area contributed by atoms with Gasteiger partial charge in [-0.05, 0) is 42.3 Å². The van der Waals surface area contributed by atoms with E-state index in [-0.39, 0.29) is 5.56 Å². The highest BCUT2D eigenvalue weighted by molar-refractivity contribution is 5.33. The molecule has 0 amide bonds. The van der Waals surface area contributed by atoms with Crippen molar-refractivity contribution < 1.29 is 8.78 Å². The van der Waals surface area contributed by atoms with Crippen LogP contribution in [0.2, 0.25) is 0 Å². The lowest BCUT2D eigenvalue weighted by atomic mass is 9.99. The largest absolute Gasteiger partial charge is 0.384 e. The minimum absolute atomic E-state index is 0.158. The third kappa shape index (κ3) is 2.81. The predicted octanol–water partition coefficient (Wildman–Crippen LogP) is 2.18. The maximum absolute atomic E-state index is 13.5. The lowest BCUT2D eigenvalue weighted by molar-refractivity contribution is 0.561. The van der Waals surface area contributed by atoms with Crippen LogP contribution < -0.4 is 11.5 Å². The number of nitrogens with zero attached hydrogens (tertiary/aromatic N) is 1. The molecule has 1 aromatic carbocycles. The number of anilines is 1. The molecule has 3 nitrogen and oxygen atoms in total. The number of halogens is 2. The molecular weight excluding hydrogens is 236 g/mol. The first kappa shape index (κ1) is 12.4. The Morgan fingerprint density at radius 1 is 1.17 bits per heavy atom. The highest BCUT2D eigenvalue weighted by Gasteiger charge is 2.13. The number of hydrogen-bond acceptors (Lipinski definition) is 3. The van der Waals surface area contributed by atoms with Crippen molar-refractivity contribution in [2.24, 2.45) is 5.73 Å². The van der Waals surface area contributed by atoms with Crippen LogP contribution in [0.25, 0.3) is 0 Å². The van der Waals surface area contributed by atoms with Crippen molar-refractivity contribution in [2.45, 2.75) is 12.5 Å². The highest BCUT2D eigenvalue weighted by Crippen LogP contribution is 2.20. The van der Waals surface area contributed by atoms with Gasteiger partial charge in [0.1, 0.15) is 17.5 Å². The van der Waals surface area contributed by atoms with E-state index in [4.69, 9.17) is 11.5 Å². The number of aromatic nitrogens is 1. The average molecular weight is 249 g/mol. The van der Waals surface area contributed by atoms with Gasteiger partial charge in [0.25, 0.3) is 0 Å². The van der Waals surface area contributed by atoms with Crippen molar-refractivity contribution in [3.63, 3.8) is 0 Å². The molecule has 2 aromatic rings. The Labute approximate surface area is 103 Å². The van der Waals surface area contributed by atoms with E-state index >= 15 is 0 Å². The van der Waals surface area contributed by atoms with E-state index in [0.29, 0.717) is 12.2 Å². The summed E-state index contributed by atoms with van der Waals surface area (Å²) in [4.78, 5) is 3.85. The maximum atomic E-state index is 13.5. The van der Waals surface area contributed by atoms with Crippen LogP contribution in [0, 0.1) is 11.6 Å². The molecule has 94 valence electrons. The second-order valence-electron chi connectivity index (χ2n) is 4.07. The summed E-state index contributed by atoms with van der Waals surface area (Å²) >= 11 is 0. The topological polar surface area (TPSA) is 64.9 Å². The average Bonchev–Trinajstić information content (AvgIpc) is 2.32. The molecule has 1 unspecified atom stereocenters. The molecule has 0 aliphatic heterocycles. The summed E-state index contributed by atoms with van der Waals surface area (Å²) in [5.41, 5.74) is 12.4. The van der Waals surface area contributed by atoms with E-state index in [1.165, 1.54) is 0 Å². The summed E-state index contributed by atoms with van der Waals surface area (Å²) in [5, 5.41) is 0. The number of hydrogen-bond donors (Lipinski definition) is 2. The Morgan fingerprint density at radius 2 is 1.94 bits per heavy atom. The van der Waals surface area contributed by atoms with Gasteiger partial charge >= 0.3 is 0 Å². The molecule has 2 rings (SSSR count). The van der Waals surface area contributed by atoms with E-state index in [1.54, 1.807) is 18.3 Å². The van der Waals surface area contributed by atoms with Crippen molar-refractivity contribution in [3.05, 3.63) is 59.3 Å². The molecule has 1 heterocycles. The predicted molar refractivity (Wildman–Crippen MR) is 65.6 cm³/mol. The normalized spacial score (nSPS) is 12.4. The van der Waals surface area contributed by atoms with E-state index < -0.39 is 17.7 Å². The Morgan fingerprint density at radius 3 is 2.67 bits per heavy atom. The SMILES string of the molecule is Nc1cc(CC(N)c2cc(F)ccc2F)ccn1. The summed E-state index contributed by atoms with van der Waals surface area (Å²) < 4.78 is 26.6. The number of nitrogen functional groups attached to an aromatic ring is 1. The van der Waals surface area contributed by atoms with Gasteiger partial charge in [0.05, 0.1) is 0 Å². The molecule has 0 bridgehead atoms. The Hall–Kier alpha value is -2.01. The first-order chi connectivity index (χ1) is 8.56. The zero-order chi connectivity index (χ0) is 13.1. The third-order valence-corrected chi connectivity index (χ3v) is 2.66. The van der Waals surface area contributed by atoms with E-state index in [1.807, 2.05) is 0 Å². The second kappa shape index (κ2) is 5.10. The molecule has 18 heavy (non-hydrogen) atoms. The maximum Gasteiger partial charge on any atom is 0.128 e. The summed E-state index contributed by atoms with van der Waals surface area (Å²) in [5.74, 6) is -0.638. The molecule has 0 saturated heterocycles. The molecule has 0 aliphatic carbocycles. The third-order valence-electron chi connectivity index (χ3n) is 2.66. The van der Waals surface area contributed by atoms with Crippen LogP contribution >= 0.6 is 0 Å². The molecule has 1 atom stereocenters. The standard InChI is InChI=1S/C13H13F2N3/c14-9-1-2-11(15)10(7-9)12(16)5-8-3-4-18-13(17)6-8/h1-4,6-7,12H,5,16H2,(H2,17,18). The molecule has 5 heteroatoms. The van der Waals surface area contributed by atoms with Crippen molar-refractivity contribution in [1.29, 1.82) is 0 Å². The van der Waals surface area contributed by atoms with Crippen molar-refractivity contribution in [2.75, 3.05) is 5.73 Å². The fraction of sp³-hybridized carbons (Fsp3) is 0.154. The van der Waals surface area contributed by atoms with Gasteiger partial charge < -0.3 is 11.5 Å². The molecule has 1 aromatic heterocycles. The Kier molecular flexibility index (Phi) is 3.53. The van der Waals surface area contributed by atoms with Gasteiger partial charge in [-0.15, -0.1) is 0 Å². The van der Waals surface area contributed by atoms with Gasteiger partial charge in [0, 0.05) is 17.8 Å². The summed E-state index contributed by atoms with van der Waals surface area (Å²) in [6.45, 7) is 0. The van der Waals surface area contributed by atoms with Gasteiger partial charge in [0.15, 0.2) is 0 Å². The fourth-order valence-electron chi connectivity index (χ4n) is 1.78. The molecule has 0 fully saturated rings. The van der Waals surface area contributed by atoms with Crippen LogP contribution in [0.4, 0.5) is 14.6 Å². The lowest BCUT2D eigenvalue weighted by Crippen LogP contribution is -2.15. The van der Waals surface area contributed by atoms with Gasteiger partial charge in [-0.25, -0.2) is 13.8 Å². The number of pyridine rings is 1. The van der Waals surface area contributed by atoms with E-state index in [0.717, 1.165) is 23.8 Å². The zero-order valence-corrected chi connectivity index (χ0v) is 9.61. The van der Waals surface area contributed by atoms with E-state index in [9.17, 15) is 8.78 Å². The van der Waals surface area contributed by atoms with Gasteiger partial charge in [-0.1, -0.05) is 0 Å².